The third kappa shape index (κ3) is 5.66. The van der Waals surface area contributed by atoms with Crippen molar-refractivity contribution in [1.82, 2.24) is 4.57 Å². The standard InChI is InChI=1S/C54H41NSi2/c1-8-22-42(23-9-1)55-53-38-36-49(56(43-24-10-2-11-25-43,44-26-12-3-13-27-44)45-28-14-4-15-29-45)40-51(53)52-41-50(37-39-54(52)55)57(46-30-16-5-17-31-46,47-32-18-6-19-33-47)48-34-20-7-21-35-48/h1-41H. The fourth-order valence-corrected chi connectivity index (χ4v) is 19.0. The molecule has 57 heavy (non-hydrogen) atoms. The Morgan fingerprint density at radius 3 is 0.737 bits per heavy atom. The number of nitrogens with zero attached hydrogens (tertiary/aromatic N) is 1. The molecule has 0 unspecified atom stereocenters. The Hall–Kier alpha value is -6.79. The molecule has 10 aromatic rings. The van der Waals surface area contributed by atoms with Gasteiger partial charge in [-0.15, -0.1) is 0 Å². The van der Waals surface area contributed by atoms with Gasteiger partial charge < -0.3 is 4.57 Å². The highest BCUT2D eigenvalue weighted by Crippen LogP contribution is 2.32. The van der Waals surface area contributed by atoms with Gasteiger partial charge in [0.2, 0.25) is 0 Å². The minimum atomic E-state index is -2.78. The molecule has 0 saturated heterocycles. The maximum absolute atomic E-state index is 2.78. The first-order valence-electron chi connectivity index (χ1n) is 19.8. The largest absolute Gasteiger partial charge is 0.309 e. The van der Waals surface area contributed by atoms with Gasteiger partial charge in [-0.1, -0.05) is 224 Å². The lowest BCUT2D eigenvalue weighted by molar-refractivity contribution is 1.18. The highest BCUT2D eigenvalue weighted by molar-refractivity contribution is 7.20. The number of fused-ring (bicyclic) bond motifs is 3. The van der Waals surface area contributed by atoms with Crippen molar-refractivity contribution in [3.63, 3.8) is 0 Å². The molecule has 10 rings (SSSR count). The Bertz CT molecular complexity index is 2540. The van der Waals surface area contributed by atoms with Crippen LogP contribution in [0.1, 0.15) is 0 Å². The number of hydrogen-bond donors (Lipinski definition) is 0. The molecule has 0 aliphatic rings. The summed E-state index contributed by atoms with van der Waals surface area (Å²) in [6, 6.07) is 93.1. The van der Waals surface area contributed by atoms with Gasteiger partial charge in [0.05, 0.1) is 11.0 Å². The Kier molecular flexibility index (Phi) is 8.95. The van der Waals surface area contributed by atoms with Crippen molar-refractivity contribution in [3.8, 4) is 5.69 Å². The van der Waals surface area contributed by atoms with Gasteiger partial charge in [0, 0.05) is 16.5 Å². The maximum atomic E-state index is 2.55. The molecule has 0 spiro atoms. The minimum Gasteiger partial charge on any atom is -0.309 e. The molecule has 1 heterocycles. The topological polar surface area (TPSA) is 4.93 Å². The quantitative estimate of drug-likeness (QED) is 0.106. The first-order valence-corrected chi connectivity index (χ1v) is 23.8. The molecule has 0 amide bonds. The number of hydrogen-bond acceptors (Lipinski definition) is 0. The van der Waals surface area contributed by atoms with Gasteiger partial charge in [-0.3, -0.25) is 0 Å². The predicted octanol–water partition coefficient (Wildman–Crippen LogP) is 7.54. The number of benzene rings is 9. The lowest BCUT2D eigenvalue weighted by atomic mass is 10.1. The van der Waals surface area contributed by atoms with E-state index in [1.54, 1.807) is 0 Å². The molecular weight excluding hydrogens is 719 g/mol. The molecule has 0 aliphatic heterocycles. The predicted molar refractivity (Wildman–Crippen MR) is 248 cm³/mol. The number of rotatable bonds is 9. The van der Waals surface area contributed by atoms with Crippen LogP contribution >= 0.6 is 0 Å². The zero-order valence-corrected chi connectivity index (χ0v) is 33.6. The molecule has 0 atom stereocenters. The first kappa shape index (κ1) is 34.7. The molecule has 1 aromatic heterocycles. The van der Waals surface area contributed by atoms with E-state index in [0.717, 1.165) is 5.69 Å². The van der Waals surface area contributed by atoms with E-state index < -0.39 is 16.1 Å². The summed E-state index contributed by atoms with van der Waals surface area (Å²) in [7, 11) is -5.57. The van der Waals surface area contributed by atoms with Crippen molar-refractivity contribution in [2.24, 2.45) is 0 Å². The molecule has 0 fully saturated rings. The molecule has 0 aliphatic carbocycles. The van der Waals surface area contributed by atoms with E-state index in [4.69, 9.17) is 0 Å². The van der Waals surface area contributed by atoms with Crippen molar-refractivity contribution < 1.29 is 0 Å². The van der Waals surface area contributed by atoms with Crippen LogP contribution in [0, 0.1) is 0 Å². The summed E-state index contributed by atoms with van der Waals surface area (Å²) in [6.07, 6.45) is 0. The smallest absolute Gasteiger partial charge is 0.179 e. The van der Waals surface area contributed by atoms with Gasteiger partial charge in [-0.25, -0.2) is 0 Å². The van der Waals surface area contributed by atoms with E-state index >= 15 is 0 Å². The van der Waals surface area contributed by atoms with Gasteiger partial charge in [0.15, 0.2) is 16.1 Å². The Labute approximate surface area is 336 Å². The average Bonchev–Trinajstić information content (AvgIpc) is 3.63. The van der Waals surface area contributed by atoms with Gasteiger partial charge in [0.25, 0.3) is 0 Å². The Morgan fingerprint density at radius 2 is 0.474 bits per heavy atom. The van der Waals surface area contributed by atoms with Crippen LogP contribution in [0.5, 0.6) is 0 Å². The van der Waals surface area contributed by atoms with E-state index in [9.17, 15) is 0 Å². The summed E-state index contributed by atoms with van der Waals surface area (Å²) in [6.45, 7) is 0. The second kappa shape index (κ2) is 14.7. The van der Waals surface area contributed by atoms with Crippen molar-refractivity contribution in [1.29, 1.82) is 0 Å². The number of para-hydroxylation sites is 1. The van der Waals surface area contributed by atoms with Gasteiger partial charge >= 0.3 is 0 Å². The normalized spacial score (nSPS) is 11.9. The van der Waals surface area contributed by atoms with Gasteiger partial charge in [-0.2, -0.15) is 0 Å². The average molecular weight is 760 g/mol. The summed E-state index contributed by atoms with van der Waals surface area (Å²) in [5.41, 5.74) is 3.58. The van der Waals surface area contributed by atoms with E-state index in [0.29, 0.717) is 0 Å². The third-order valence-electron chi connectivity index (χ3n) is 11.9. The molecule has 1 nitrogen and oxygen atoms in total. The SMILES string of the molecule is c1ccc(-n2c3ccc([Si](c4ccccc4)(c4ccccc4)c4ccccc4)cc3c3cc([Si](c4ccccc4)(c4ccccc4)c4ccccc4)ccc32)cc1. The molecule has 0 saturated carbocycles. The van der Waals surface area contributed by atoms with E-state index in [1.807, 2.05) is 0 Å². The van der Waals surface area contributed by atoms with Crippen LogP contribution in [-0.4, -0.2) is 20.7 Å². The fraction of sp³-hybridized carbons (Fsp3) is 0. The summed E-state index contributed by atoms with van der Waals surface area (Å²) in [4.78, 5) is 0. The zero-order chi connectivity index (χ0) is 38.1. The van der Waals surface area contributed by atoms with Crippen LogP contribution in [0.4, 0.5) is 0 Å². The molecule has 0 radical (unpaired) electrons. The highest BCUT2D eigenvalue weighted by Gasteiger charge is 2.43. The molecule has 3 heteroatoms. The monoisotopic (exact) mass is 759 g/mol. The highest BCUT2D eigenvalue weighted by atomic mass is 28.3. The molecule has 0 N–H and O–H groups in total. The van der Waals surface area contributed by atoms with E-state index in [1.165, 1.54) is 63.3 Å². The minimum absolute atomic E-state index is 1.16. The van der Waals surface area contributed by atoms with Crippen LogP contribution in [-0.2, 0) is 0 Å². The van der Waals surface area contributed by atoms with Crippen LogP contribution in [0.2, 0.25) is 0 Å². The lowest BCUT2D eigenvalue weighted by Gasteiger charge is -2.34. The van der Waals surface area contributed by atoms with Crippen LogP contribution in [0.25, 0.3) is 27.5 Å². The summed E-state index contributed by atoms with van der Waals surface area (Å²) < 4.78 is 2.46. The first-order chi connectivity index (χ1) is 28.3. The second-order valence-corrected chi connectivity index (χ2v) is 22.4. The maximum Gasteiger partial charge on any atom is 0.179 e. The zero-order valence-electron chi connectivity index (χ0n) is 31.6. The molecular formula is C54H41NSi2. The molecule has 270 valence electrons. The summed E-state index contributed by atoms with van der Waals surface area (Å²) in [5, 5.41) is 13.5. The number of aromatic nitrogens is 1. The van der Waals surface area contributed by atoms with Crippen LogP contribution in [0.15, 0.2) is 249 Å². The van der Waals surface area contributed by atoms with Crippen molar-refractivity contribution in [2.45, 2.75) is 0 Å². The summed E-state index contributed by atoms with van der Waals surface area (Å²) in [5.74, 6) is 0. The van der Waals surface area contributed by atoms with E-state index in [-0.39, 0.29) is 0 Å². The third-order valence-corrected chi connectivity index (χ3v) is 21.4. The van der Waals surface area contributed by atoms with Crippen molar-refractivity contribution >= 4 is 79.4 Å². The van der Waals surface area contributed by atoms with Crippen molar-refractivity contribution in [2.75, 3.05) is 0 Å². The Balaban J connectivity index is 1.34. The van der Waals surface area contributed by atoms with Crippen LogP contribution < -0.4 is 41.5 Å². The lowest BCUT2D eigenvalue weighted by Crippen LogP contribution is -2.74. The van der Waals surface area contributed by atoms with Crippen molar-refractivity contribution in [3.05, 3.63) is 249 Å². The van der Waals surface area contributed by atoms with E-state index in [2.05, 4.69) is 253 Å². The molecule has 0 bridgehead atoms. The molecule has 9 aromatic carbocycles. The second-order valence-electron chi connectivity index (χ2n) is 14.8. The van der Waals surface area contributed by atoms with Crippen LogP contribution in [0.3, 0.4) is 0 Å². The summed E-state index contributed by atoms with van der Waals surface area (Å²) >= 11 is 0. The van der Waals surface area contributed by atoms with Gasteiger partial charge in [0.1, 0.15) is 0 Å². The van der Waals surface area contributed by atoms with Gasteiger partial charge in [-0.05, 0) is 65.8 Å². The fourth-order valence-electron chi connectivity index (χ4n) is 9.47. The Morgan fingerprint density at radius 1 is 0.228 bits per heavy atom.